The number of benzene rings is 5. The van der Waals surface area contributed by atoms with Gasteiger partial charge in [0.15, 0.2) is 0 Å². The molecule has 150 valence electrons. The van der Waals surface area contributed by atoms with Crippen LogP contribution in [0.25, 0.3) is 43.8 Å². The van der Waals surface area contributed by atoms with Crippen LogP contribution in [0.2, 0.25) is 0 Å². The predicted molar refractivity (Wildman–Crippen MR) is 134 cm³/mol. The molecule has 1 N–H and O–H groups in total. The molecule has 0 radical (unpaired) electrons. The van der Waals surface area contributed by atoms with Gasteiger partial charge in [-0.05, 0) is 79.2 Å². The summed E-state index contributed by atoms with van der Waals surface area (Å²) in [4.78, 5) is 0. The zero-order valence-corrected chi connectivity index (χ0v) is 18.2. The van der Waals surface area contributed by atoms with Crippen molar-refractivity contribution in [1.82, 2.24) is 0 Å². The lowest BCUT2D eigenvalue weighted by Gasteiger charge is -2.23. The quantitative estimate of drug-likeness (QED) is 0.296. The molecule has 1 nitrogen and oxygen atoms in total. The Kier molecular flexibility index (Phi) is 3.79. The highest BCUT2D eigenvalue weighted by Crippen LogP contribution is 2.51. The molecule has 0 spiro atoms. The van der Waals surface area contributed by atoms with Crippen molar-refractivity contribution in [3.05, 3.63) is 102 Å². The first-order chi connectivity index (χ1) is 15.1. The first-order valence-electron chi connectivity index (χ1n) is 11.0. The molecule has 0 saturated carbocycles. The van der Waals surface area contributed by atoms with Crippen LogP contribution in [0.3, 0.4) is 0 Å². The number of fused-ring (bicyclic) bond motifs is 5. The van der Waals surface area contributed by atoms with E-state index >= 15 is 0 Å². The van der Waals surface area contributed by atoms with Crippen LogP contribution in [0.15, 0.2) is 91.0 Å². The molecule has 0 saturated heterocycles. The molecule has 1 aliphatic carbocycles. The average Bonchev–Trinajstić information content (AvgIpc) is 3.03. The van der Waals surface area contributed by atoms with Gasteiger partial charge in [0.05, 0.1) is 0 Å². The van der Waals surface area contributed by atoms with Crippen LogP contribution in [0.1, 0.15) is 25.0 Å². The molecule has 0 aromatic heterocycles. The van der Waals surface area contributed by atoms with Gasteiger partial charge in [0.25, 0.3) is 0 Å². The molecule has 1 heteroatoms. The minimum atomic E-state index is -0.0338. The molecule has 0 fully saturated rings. The molecule has 5 aromatic rings. The maximum atomic E-state index is 3.30. The van der Waals surface area contributed by atoms with E-state index in [0.29, 0.717) is 0 Å². The standard InChI is InChI=1S/C30H25N/c1-30(2)27-17-21(12-14-25(27)26-15-13-22(31-3)18-28(26)30)29-23-10-6-4-8-19(23)16-20-9-5-7-11-24(20)29/h4-18,31H,1-3H3. The van der Waals surface area contributed by atoms with Gasteiger partial charge < -0.3 is 5.32 Å². The molecular weight excluding hydrogens is 374 g/mol. The summed E-state index contributed by atoms with van der Waals surface area (Å²) in [6, 6.07) is 33.6. The van der Waals surface area contributed by atoms with Gasteiger partial charge in [-0.1, -0.05) is 80.6 Å². The zero-order valence-electron chi connectivity index (χ0n) is 18.2. The highest BCUT2D eigenvalue weighted by atomic mass is 14.8. The third kappa shape index (κ3) is 2.56. The van der Waals surface area contributed by atoms with Crippen molar-refractivity contribution in [3.63, 3.8) is 0 Å². The van der Waals surface area contributed by atoms with Crippen LogP contribution in [-0.4, -0.2) is 7.05 Å². The highest BCUT2D eigenvalue weighted by molar-refractivity contribution is 6.12. The summed E-state index contributed by atoms with van der Waals surface area (Å²) < 4.78 is 0. The van der Waals surface area contributed by atoms with E-state index in [4.69, 9.17) is 0 Å². The Balaban J connectivity index is 1.64. The predicted octanol–water partition coefficient (Wildman–Crippen LogP) is 8.01. The van der Waals surface area contributed by atoms with E-state index in [2.05, 4.69) is 110 Å². The summed E-state index contributed by atoms with van der Waals surface area (Å²) in [5.74, 6) is 0. The van der Waals surface area contributed by atoms with Gasteiger partial charge >= 0.3 is 0 Å². The molecule has 0 aliphatic heterocycles. The number of hydrogen-bond acceptors (Lipinski definition) is 1. The van der Waals surface area contributed by atoms with E-state index in [-0.39, 0.29) is 5.41 Å². The maximum absolute atomic E-state index is 3.30. The van der Waals surface area contributed by atoms with Crippen molar-refractivity contribution < 1.29 is 0 Å². The van der Waals surface area contributed by atoms with Gasteiger partial charge in [-0.15, -0.1) is 0 Å². The van der Waals surface area contributed by atoms with E-state index in [9.17, 15) is 0 Å². The van der Waals surface area contributed by atoms with Gasteiger partial charge in [-0.25, -0.2) is 0 Å². The second-order valence-corrected chi connectivity index (χ2v) is 9.09. The summed E-state index contributed by atoms with van der Waals surface area (Å²) in [5, 5.41) is 8.50. The largest absolute Gasteiger partial charge is 0.388 e. The molecule has 6 rings (SSSR count). The molecular formula is C30H25N. The average molecular weight is 400 g/mol. The lowest BCUT2D eigenvalue weighted by Crippen LogP contribution is -2.15. The molecule has 0 amide bonds. The Hall–Kier alpha value is -3.58. The Labute approximate surface area is 183 Å². The lowest BCUT2D eigenvalue weighted by molar-refractivity contribution is 0.661. The van der Waals surface area contributed by atoms with Crippen molar-refractivity contribution in [2.24, 2.45) is 0 Å². The topological polar surface area (TPSA) is 12.0 Å². The number of hydrogen-bond donors (Lipinski definition) is 1. The van der Waals surface area contributed by atoms with Crippen molar-refractivity contribution in [2.45, 2.75) is 19.3 Å². The van der Waals surface area contributed by atoms with Crippen LogP contribution in [-0.2, 0) is 5.41 Å². The first kappa shape index (κ1) is 18.2. The van der Waals surface area contributed by atoms with Crippen molar-refractivity contribution >= 4 is 27.2 Å². The van der Waals surface area contributed by atoms with E-state index in [0.717, 1.165) is 0 Å². The Morgan fingerprint density at radius 1 is 0.613 bits per heavy atom. The van der Waals surface area contributed by atoms with Crippen LogP contribution >= 0.6 is 0 Å². The van der Waals surface area contributed by atoms with E-state index in [1.807, 2.05) is 7.05 Å². The molecule has 5 aromatic carbocycles. The number of nitrogens with one attached hydrogen (secondary N) is 1. The monoisotopic (exact) mass is 399 g/mol. The van der Waals surface area contributed by atoms with E-state index < -0.39 is 0 Å². The molecule has 0 atom stereocenters. The van der Waals surface area contributed by atoms with Gasteiger partial charge in [0.1, 0.15) is 0 Å². The van der Waals surface area contributed by atoms with Gasteiger partial charge in [-0.3, -0.25) is 0 Å². The maximum Gasteiger partial charge on any atom is 0.0341 e. The lowest BCUT2D eigenvalue weighted by atomic mass is 9.81. The normalized spacial score (nSPS) is 13.9. The summed E-state index contributed by atoms with van der Waals surface area (Å²) in [6.07, 6.45) is 0. The van der Waals surface area contributed by atoms with Crippen LogP contribution in [0.5, 0.6) is 0 Å². The summed E-state index contributed by atoms with van der Waals surface area (Å²) in [6.45, 7) is 4.70. The second kappa shape index (κ2) is 6.46. The third-order valence-electron chi connectivity index (χ3n) is 7.02. The Morgan fingerprint density at radius 2 is 1.19 bits per heavy atom. The summed E-state index contributed by atoms with van der Waals surface area (Å²) in [5.41, 5.74) is 9.28. The highest BCUT2D eigenvalue weighted by Gasteiger charge is 2.35. The third-order valence-corrected chi connectivity index (χ3v) is 7.02. The summed E-state index contributed by atoms with van der Waals surface area (Å²) >= 11 is 0. The van der Waals surface area contributed by atoms with Crippen LogP contribution in [0, 0.1) is 0 Å². The summed E-state index contributed by atoms with van der Waals surface area (Å²) in [7, 11) is 1.99. The van der Waals surface area contributed by atoms with Crippen molar-refractivity contribution in [1.29, 1.82) is 0 Å². The van der Waals surface area contributed by atoms with Crippen LogP contribution < -0.4 is 5.32 Å². The van der Waals surface area contributed by atoms with Gasteiger partial charge in [0, 0.05) is 18.2 Å². The fourth-order valence-corrected chi connectivity index (χ4v) is 5.37. The molecule has 0 unspecified atom stereocenters. The smallest absolute Gasteiger partial charge is 0.0341 e. The fourth-order valence-electron chi connectivity index (χ4n) is 5.37. The number of rotatable bonds is 2. The van der Waals surface area contributed by atoms with Crippen LogP contribution in [0.4, 0.5) is 5.69 Å². The van der Waals surface area contributed by atoms with E-state index in [1.54, 1.807) is 0 Å². The van der Waals surface area contributed by atoms with Crippen molar-refractivity contribution in [2.75, 3.05) is 12.4 Å². The Bertz CT molecular complexity index is 1440. The fraction of sp³-hybridized carbons (Fsp3) is 0.133. The molecule has 31 heavy (non-hydrogen) atoms. The molecule has 0 heterocycles. The SMILES string of the molecule is CNc1ccc2c(c1)C(C)(C)c1cc(-c3c4ccccc4cc4ccccc34)ccc1-2. The Morgan fingerprint density at radius 3 is 1.84 bits per heavy atom. The minimum Gasteiger partial charge on any atom is -0.388 e. The molecule has 0 bridgehead atoms. The number of anilines is 1. The molecule has 1 aliphatic rings. The van der Waals surface area contributed by atoms with Gasteiger partial charge in [-0.2, -0.15) is 0 Å². The first-order valence-corrected chi connectivity index (χ1v) is 11.0. The second-order valence-electron chi connectivity index (χ2n) is 9.09. The zero-order chi connectivity index (χ0) is 21.2. The van der Waals surface area contributed by atoms with Gasteiger partial charge in [0.2, 0.25) is 0 Å². The minimum absolute atomic E-state index is 0.0338. The van der Waals surface area contributed by atoms with Crippen molar-refractivity contribution in [3.8, 4) is 22.3 Å². The van der Waals surface area contributed by atoms with E-state index in [1.165, 1.54) is 60.6 Å².